The van der Waals surface area contributed by atoms with Crippen LogP contribution in [-0.4, -0.2) is 19.8 Å². The highest BCUT2D eigenvalue weighted by atomic mass is 16.5. The van der Waals surface area contributed by atoms with E-state index in [1.54, 1.807) is 7.11 Å². The normalized spacial score (nSPS) is 23.6. The summed E-state index contributed by atoms with van der Waals surface area (Å²) < 4.78 is 5.12. The molecule has 2 nitrogen and oxygen atoms in total. The Labute approximate surface area is 50.2 Å². The summed E-state index contributed by atoms with van der Waals surface area (Å²) in [5.74, 6) is 0. The van der Waals surface area contributed by atoms with E-state index in [0.717, 1.165) is 19.4 Å². The molecule has 1 radical (unpaired) electrons. The number of methoxy groups -OCH3 is 1. The molecule has 1 N–H and O–H groups in total. The van der Waals surface area contributed by atoms with Gasteiger partial charge in [0.25, 0.3) is 0 Å². The Kier molecular flexibility index (Phi) is 2.30. The summed E-state index contributed by atoms with van der Waals surface area (Å²) in [5.41, 5.74) is 0. The molecule has 1 fully saturated rings. The van der Waals surface area contributed by atoms with Gasteiger partial charge in [0.2, 0.25) is 0 Å². The van der Waals surface area contributed by atoms with E-state index in [1.165, 1.54) is 0 Å². The number of nitrogens with one attached hydrogen (secondary N) is 1. The maximum Gasteiger partial charge on any atom is 0.0598 e. The zero-order chi connectivity index (χ0) is 5.82. The first-order valence-electron chi connectivity index (χ1n) is 3.01. The third-order valence-corrected chi connectivity index (χ3v) is 1.47. The minimum absolute atomic E-state index is 0.469. The zero-order valence-corrected chi connectivity index (χ0v) is 5.18. The monoisotopic (exact) mass is 114 g/mol. The van der Waals surface area contributed by atoms with Crippen molar-refractivity contribution in [3.63, 3.8) is 0 Å². The second-order valence-electron chi connectivity index (χ2n) is 2.04. The smallest absolute Gasteiger partial charge is 0.0598 e. The van der Waals surface area contributed by atoms with Gasteiger partial charge in [-0.15, -0.1) is 0 Å². The zero-order valence-electron chi connectivity index (χ0n) is 5.18. The average Bonchev–Trinajstić information content (AvgIpc) is 1.90. The van der Waals surface area contributed by atoms with Crippen LogP contribution in [0.5, 0.6) is 0 Å². The third-order valence-electron chi connectivity index (χ3n) is 1.47. The molecule has 1 saturated heterocycles. The van der Waals surface area contributed by atoms with E-state index in [2.05, 4.69) is 11.9 Å². The molecule has 0 aromatic carbocycles. The van der Waals surface area contributed by atoms with Gasteiger partial charge in [-0.1, -0.05) is 0 Å². The van der Waals surface area contributed by atoms with Crippen LogP contribution in [0.3, 0.4) is 0 Å². The Morgan fingerprint density at radius 1 is 1.75 bits per heavy atom. The van der Waals surface area contributed by atoms with E-state index in [4.69, 9.17) is 4.74 Å². The predicted octanol–water partition coefficient (Wildman–Crippen LogP) is 0.547. The van der Waals surface area contributed by atoms with Gasteiger partial charge >= 0.3 is 0 Å². The first-order valence-corrected chi connectivity index (χ1v) is 3.01. The fourth-order valence-corrected chi connectivity index (χ4v) is 0.893. The van der Waals surface area contributed by atoms with Gasteiger partial charge < -0.3 is 10.1 Å². The molecular formula is C6H12NO. The molecule has 8 heavy (non-hydrogen) atoms. The number of piperidine rings is 1. The van der Waals surface area contributed by atoms with E-state index in [0.29, 0.717) is 6.10 Å². The Morgan fingerprint density at radius 2 is 2.62 bits per heavy atom. The molecule has 0 aromatic rings. The molecule has 1 unspecified atom stereocenters. The van der Waals surface area contributed by atoms with Crippen molar-refractivity contribution in [1.82, 2.24) is 5.32 Å². The van der Waals surface area contributed by atoms with Crippen LogP contribution in [0.1, 0.15) is 12.8 Å². The maximum atomic E-state index is 5.12. The summed E-state index contributed by atoms with van der Waals surface area (Å²) >= 11 is 0. The van der Waals surface area contributed by atoms with Crippen LogP contribution in [0.25, 0.3) is 0 Å². The number of hydrogen-bond donors (Lipinski definition) is 1. The van der Waals surface area contributed by atoms with Crippen molar-refractivity contribution in [2.24, 2.45) is 0 Å². The largest absolute Gasteiger partial charge is 0.381 e. The lowest BCUT2D eigenvalue weighted by Gasteiger charge is -2.20. The summed E-state index contributed by atoms with van der Waals surface area (Å²) in [6, 6.07) is 0. The molecule has 1 aliphatic rings. The van der Waals surface area contributed by atoms with Crippen molar-refractivity contribution >= 4 is 0 Å². The third kappa shape index (κ3) is 1.46. The van der Waals surface area contributed by atoms with Crippen molar-refractivity contribution < 1.29 is 4.74 Å². The molecule has 1 atom stereocenters. The summed E-state index contributed by atoms with van der Waals surface area (Å²) in [6.45, 7) is 3.14. The summed E-state index contributed by atoms with van der Waals surface area (Å²) in [6.07, 6.45) is 2.67. The lowest BCUT2D eigenvalue weighted by Crippen LogP contribution is -2.27. The van der Waals surface area contributed by atoms with E-state index < -0.39 is 0 Å². The van der Waals surface area contributed by atoms with Crippen LogP contribution in [0.15, 0.2) is 0 Å². The van der Waals surface area contributed by atoms with E-state index in [1.807, 2.05) is 0 Å². The van der Waals surface area contributed by atoms with Gasteiger partial charge in [0, 0.05) is 13.7 Å². The van der Waals surface area contributed by atoms with Gasteiger partial charge in [0.15, 0.2) is 0 Å². The van der Waals surface area contributed by atoms with Crippen LogP contribution in [0.4, 0.5) is 0 Å². The fraction of sp³-hybridized carbons (Fsp3) is 0.833. The molecule has 2 heteroatoms. The number of ether oxygens (including phenoxy) is 1. The van der Waals surface area contributed by atoms with E-state index in [9.17, 15) is 0 Å². The molecule has 0 spiro atoms. The minimum Gasteiger partial charge on any atom is -0.381 e. The van der Waals surface area contributed by atoms with Crippen LogP contribution in [0, 0.1) is 6.54 Å². The van der Waals surface area contributed by atoms with Gasteiger partial charge in [-0.25, -0.2) is 0 Å². The quantitative estimate of drug-likeness (QED) is 0.537. The SMILES string of the molecule is COC1C[CH]NCC1. The molecule has 47 valence electrons. The standard InChI is InChI=1S/C6H12NO/c1-8-6-2-4-7-5-3-6/h4,6-7H,2-3,5H2,1H3. The van der Waals surface area contributed by atoms with Crippen LogP contribution in [-0.2, 0) is 4.74 Å². The molecule has 1 heterocycles. The maximum absolute atomic E-state index is 5.12. The highest BCUT2D eigenvalue weighted by Gasteiger charge is 2.10. The Bertz CT molecular complexity index is 59.5. The Morgan fingerprint density at radius 3 is 3.00 bits per heavy atom. The lowest BCUT2D eigenvalue weighted by atomic mass is 10.1. The Hall–Kier alpha value is -0.0800. The summed E-state index contributed by atoms with van der Waals surface area (Å²) in [4.78, 5) is 0. The van der Waals surface area contributed by atoms with Crippen molar-refractivity contribution in [2.45, 2.75) is 18.9 Å². The fourth-order valence-electron chi connectivity index (χ4n) is 0.893. The van der Waals surface area contributed by atoms with Gasteiger partial charge in [-0.3, -0.25) is 0 Å². The van der Waals surface area contributed by atoms with E-state index in [-0.39, 0.29) is 0 Å². The van der Waals surface area contributed by atoms with Crippen molar-refractivity contribution in [3.05, 3.63) is 6.54 Å². The van der Waals surface area contributed by atoms with E-state index >= 15 is 0 Å². The van der Waals surface area contributed by atoms with Crippen LogP contribution in [0.2, 0.25) is 0 Å². The second-order valence-corrected chi connectivity index (χ2v) is 2.04. The average molecular weight is 114 g/mol. The molecule has 1 rings (SSSR count). The Balaban J connectivity index is 2.13. The van der Waals surface area contributed by atoms with Gasteiger partial charge in [-0.05, 0) is 19.4 Å². The molecule has 1 aliphatic heterocycles. The van der Waals surface area contributed by atoms with Gasteiger partial charge in [0.05, 0.1) is 6.10 Å². The molecular weight excluding hydrogens is 102 g/mol. The van der Waals surface area contributed by atoms with Gasteiger partial charge in [-0.2, -0.15) is 0 Å². The highest BCUT2D eigenvalue weighted by Crippen LogP contribution is 2.06. The number of rotatable bonds is 1. The second kappa shape index (κ2) is 3.05. The summed E-state index contributed by atoms with van der Waals surface area (Å²) in [5, 5.41) is 3.14. The highest BCUT2D eigenvalue weighted by molar-refractivity contribution is 4.75. The first kappa shape index (κ1) is 6.05. The molecule has 0 saturated carbocycles. The topological polar surface area (TPSA) is 21.3 Å². The van der Waals surface area contributed by atoms with Gasteiger partial charge in [0.1, 0.15) is 0 Å². The van der Waals surface area contributed by atoms with Crippen molar-refractivity contribution in [3.8, 4) is 0 Å². The van der Waals surface area contributed by atoms with Crippen molar-refractivity contribution in [2.75, 3.05) is 13.7 Å². The minimum atomic E-state index is 0.469. The van der Waals surface area contributed by atoms with Crippen LogP contribution >= 0.6 is 0 Å². The molecule has 0 aliphatic carbocycles. The predicted molar refractivity (Wildman–Crippen MR) is 32.3 cm³/mol. The first-order chi connectivity index (χ1) is 3.93. The summed E-state index contributed by atoms with van der Waals surface area (Å²) in [7, 11) is 1.77. The van der Waals surface area contributed by atoms with Crippen molar-refractivity contribution in [1.29, 1.82) is 0 Å². The number of hydrogen-bond acceptors (Lipinski definition) is 2. The molecule has 0 aromatic heterocycles. The molecule has 0 bridgehead atoms. The van der Waals surface area contributed by atoms with Crippen LogP contribution < -0.4 is 5.32 Å². The lowest BCUT2D eigenvalue weighted by molar-refractivity contribution is 0.0846. The molecule has 0 amide bonds.